The van der Waals surface area contributed by atoms with Crippen molar-refractivity contribution >= 4 is 38.6 Å². The van der Waals surface area contributed by atoms with E-state index in [1.54, 1.807) is 22.7 Å². The number of aromatic nitrogens is 2. The molecule has 0 aliphatic heterocycles. The van der Waals surface area contributed by atoms with Crippen LogP contribution < -0.4 is 0 Å². The molecule has 0 aliphatic carbocycles. The van der Waals surface area contributed by atoms with E-state index < -0.39 is 0 Å². The normalized spacial score (nSPS) is 10.8. The number of benzene rings is 1. The highest BCUT2D eigenvalue weighted by molar-refractivity contribution is 9.10. The third kappa shape index (κ3) is 3.11. The van der Waals surface area contributed by atoms with E-state index in [1.165, 1.54) is 0 Å². The Kier molecular flexibility index (Phi) is 3.77. The molecule has 0 radical (unpaired) electrons. The van der Waals surface area contributed by atoms with Gasteiger partial charge in [0.2, 0.25) is 0 Å². The first kappa shape index (κ1) is 13.0. The molecule has 0 spiro atoms. The van der Waals surface area contributed by atoms with E-state index in [1.807, 2.05) is 19.1 Å². The Hall–Kier alpha value is -1.04. The predicted octanol–water partition coefficient (Wildman–Crippen LogP) is 4.93. The number of nitrogens with zero attached hydrogens (tertiary/aromatic N) is 2. The number of rotatable bonds is 3. The van der Waals surface area contributed by atoms with Crippen LogP contribution in [0.2, 0.25) is 0 Å². The zero-order valence-corrected chi connectivity index (χ0v) is 13.5. The zero-order valence-electron chi connectivity index (χ0n) is 10.3. The summed E-state index contributed by atoms with van der Waals surface area (Å²) < 4.78 is 1.09. The third-order valence-electron chi connectivity index (χ3n) is 2.66. The molecule has 5 heteroatoms. The fourth-order valence-electron chi connectivity index (χ4n) is 1.76. The topological polar surface area (TPSA) is 25.8 Å². The van der Waals surface area contributed by atoms with Crippen LogP contribution in [-0.2, 0) is 6.42 Å². The lowest BCUT2D eigenvalue weighted by Gasteiger charge is -1.96. The van der Waals surface area contributed by atoms with Gasteiger partial charge in [0, 0.05) is 26.5 Å². The maximum Gasteiger partial charge on any atom is 0.100 e. The molecule has 2 heterocycles. The summed E-state index contributed by atoms with van der Waals surface area (Å²) in [4.78, 5) is 9.16. The van der Waals surface area contributed by atoms with Gasteiger partial charge in [-0.25, -0.2) is 9.97 Å². The number of hydrogen-bond acceptors (Lipinski definition) is 4. The van der Waals surface area contributed by atoms with Gasteiger partial charge in [0.05, 0.1) is 17.1 Å². The average molecular weight is 351 g/mol. The Morgan fingerprint density at radius 2 is 1.68 bits per heavy atom. The second kappa shape index (κ2) is 5.53. The van der Waals surface area contributed by atoms with Crippen molar-refractivity contribution in [3.63, 3.8) is 0 Å². The highest BCUT2D eigenvalue weighted by atomic mass is 79.9. The summed E-state index contributed by atoms with van der Waals surface area (Å²) in [6.45, 7) is 2.02. The van der Waals surface area contributed by atoms with E-state index in [2.05, 4.69) is 48.8 Å². The van der Waals surface area contributed by atoms with E-state index >= 15 is 0 Å². The number of aryl methyl sites for hydroxylation is 1. The SMILES string of the molecule is Cc1csc(Cc2nc(-c3ccc(Br)cc3)cs2)n1. The maximum atomic E-state index is 4.68. The maximum absolute atomic E-state index is 4.68. The monoisotopic (exact) mass is 350 g/mol. The molecule has 0 atom stereocenters. The van der Waals surface area contributed by atoms with Crippen molar-refractivity contribution in [2.75, 3.05) is 0 Å². The summed E-state index contributed by atoms with van der Waals surface area (Å²) in [6, 6.07) is 8.24. The minimum absolute atomic E-state index is 0.833. The average Bonchev–Trinajstić information content (AvgIpc) is 3.00. The molecular formula is C14H11BrN2S2. The Balaban J connectivity index is 1.81. The van der Waals surface area contributed by atoms with Gasteiger partial charge < -0.3 is 0 Å². The van der Waals surface area contributed by atoms with Gasteiger partial charge in [-0.3, -0.25) is 0 Å². The van der Waals surface area contributed by atoms with Crippen LogP contribution in [0.15, 0.2) is 39.5 Å². The van der Waals surface area contributed by atoms with E-state index in [0.29, 0.717) is 0 Å². The fourth-order valence-corrected chi connectivity index (χ4v) is 3.70. The lowest BCUT2D eigenvalue weighted by molar-refractivity contribution is 1.08. The van der Waals surface area contributed by atoms with Crippen LogP contribution >= 0.6 is 38.6 Å². The third-order valence-corrected chi connectivity index (χ3v) is 5.00. The molecule has 3 rings (SSSR count). The van der Waals surface area contributed by atoms with Crippen molar-refractivity contribution in [2.24, 2.45) is 0 Å². The van der Waals surface area contributed by atoms with Crippen molar-refractivity contribution in [2.45, 2.75) is 13.3 Å². The summed E-state index contributed by atoms with van der Waals surface area (Å²) in [5.41, 5.74) is 3.28. The second-order valence-corrected chi connectivity index (χ2v) is 6.99. The number of hydrogen-bond donors (Lipinski definition) is 0. The molecule has 0 unspecified atom stereocenters. The molecule has 0 N–H and O–H groups in total. The molecule has 96 valence electrons. The Bertz CT molecular complexity index is 686. The molecule has 3 aromatic rings. The molecule has 2 nitrogen and oxygen atoms in total. The molecule has 0 bridgehead atoms. The second-order valence-electron chi connectivity index (χ2n) is 4.19. The largest absolute Gasteiger partial charge is 0.246 e. The smallest absolute Gasteiger partial charge is 0.100 e. The van der Waals surface area contributed by atoms with E-state index in [0.717, 1.165) is 37.9 Å². The highest BCUT2D eigenvalue weighted by Crippen LogP contribution is 2.25. The standard InChI is InChI=1S/C14H11BrN2S2/c1-9-7-18-13(16-9)6-14-17-12(8-19-14)10-2-4-11(15)5-3-10/h2-5,7-8H,6H2,1H3. The molecule has 2 aromatic heterocycles. The number of halogens is 1. The van der Waals surface area contributed by atoms with Crippen molar-refractivity contribution in [1.29, 1.82) is 0 Å². The van der Waals surface area contributed by atoms with Gasteiger partial charge in [-0.05, 0) is 19.1 Å². The minimum Gasteiger partial charge on any atom is -0.246 e. The minimum atomic E-state index is 0.833. The number of thiazole rings is 2. The van der Waals surface area contributed by atoms with E-state index in [4.69, 9.17) is 0 Å². The summed E-state index contributed by atoms with van der Waals surface area (Å²) in [5, 5.41) is 6.44. The lowest BCUT2D eigenvalue weighted by atomic mass is 10.2. The molecule has 1 aromatic carbocycles. The summed E-state index contributed by atoms with van der Waals surface area (Å²) in [5.74, 6) is 0. The summed E-state index contributed by atoms with van der Waals surface area (Å²) in [6.07, 6.45) is 0.833. The first-order chi connectivity index (χ1) is 9.20. The quantitative estimate of drug-likeness (QED) is 0.669. The molecular weight excluding hydrogens is 340 g/mol. The van der Waals surface area contributed by atoms with Crippen LogP contribution in [0.3, 0.4) is 0 Å². The van der Waals surface area contributed by atoms with Gasteiger partial charge in [-0.15, -0.1) is 22.7 Å². The molecule has 0 aliphatic rings. The van der Waals surface area contributed by atoms with Crippen LogP contribution in [0.1, 0.15) is 15.7 Å². The van der Waals surface area contributed by atoms with E-state index in [-0.39, 0.29) is 0 Å². The molecule has 0 amide bonds. The highest BCUT2D eigenvalue weighted by Gasteiger charge is 2.07. The first-order valence-corrected chi connectivity index (χ1v) is 8.37. The van der Waals surface area contributed by atoms with Crippen molar-refractivity contribution in [3.05, 3.63) is 55.2 Å². The van der Waals surface area contributed by atoms with Crippen LogP contribution in [0.25, 0.3) is 11.3 Å². The van der Waals surface area contributed by atoms with Crippen LogP contribution in [0, 0.1) is 6.92 Å². The van der Waals surface area contributed by atoms with Gasteiger partial charge in [0.15, 0.2) is 0 Å². The van der Waals surface area contributed by atoms with Gasteiger partial charge in [0.25, 0.3) is 0 Å². The summed E-state index contributed by atoms with van der Waals surface area (Å²) in [7, 11) is 0. The van der Waals surface area contributed by atoms with E-state index in [9.17, 15) is 0 Å². The fraction of sp³-hybridized carbons (Fsp3) is 0.143. The van der Waals surface area contributed by atoms with Crippen LogP contribution in [0.5, 0.6) is 0 Å². The van der Waals surface area contributed by atoms with Crippen LogP contribution in [-0.4, -0.2) is 9.97 Å². The zero-order chi connectivity index (χ0) is 13.2. The van der Waals surface area contributed by atoms with Gasteiger partial charge in [-0.2, -0.15) is 0 Å². The molecule has 0 fully saturated rings. The van der Waals surface area contributed by atoms with Crippen molar-refractivity contribution in [1.82, 2.24) is 9.97 Å². The van der Waals surface area contributed by atoms with Gasteiger partial charge in [0.1, 0.15) is 5.01 Å². The molecule has 0 saturated carbocycles. The van der Waals surface area contributed by atoms with Gasteiger partial charge in [-0.1, -0.05) is 28.1 Å². The van der Waals surface area contributed by atoms with Crippen molar-refractivity contribution in [3.8, 4) is 11.3 Å². The first-order valence-electron chi connectivity index (χ1n) is 5.82. The molecule has 0 saturated heterocycles. The van der Waals surface area contributed by atoms with Crippen molar-refractivity contribution < 1.29 is 0 Å². The predicted molar refractivity (Wildman–Crippen MR) is 84.9 cm³/mol. The lowest BCUT2D eigenvalue weighted by Crippen LogP contribution is -1.87. The Labute approximate surface area is 128 Å². The molecule has 19 heavy (non-hydrogen) atoms. The van der Waals surface area contributed by atoms with Gasteiger partial charge >= 0.3 is 0 Å². The summed E-state index contributed by atoms with van der Waals surface area (Å²) >= 11 is 6.84. The Morgan fingerprint density at radius 3 is 2.37 bits per heavy atom. The van der Waals surface area contributed by atoms with Crippen LogP contribution in [0.4, 0.5) is 0 Å². The Morgan fingerprint density at radius 1 is 1.00 bits per heavy atom.